The van der Waals surface area contributed by atoms with Gasteiger partial charge in [0.05, 0.1) is 6.10 Å². The largest absolute Gasteiger partial charge is 0.377 e. The van der Waals surface area contributed by atoms with Gasteiger partial charge in [0.2, 0.25) is 0 Å². The summed E-state index contributed by atoms with van der Waals surface area (Å²) in [6.07, 6.45) is 7.42. The van der Waals surface area contributed by atoms with E-state index in [0.717, 1.165) is 41.0 Å². The molecule has 1 saturated heterocycles. The molecule has 5 nitrogen and oxygen atoms in total. The average Bonchev–Trinajstić information content (AvgIpc) is 3.12. The third-order valence-corrected chi connectivity index (χ3v) is 5.60. The molecule has 0 saturated carbocycles. The molecule has 0 unspecified atom stereocenters. The van der Waals surface area contributed by atoms with Gasteiger partial charge in [-0.2, -0.15) is 0 Å². The van der Waals surface area contributed by atoms with Crippen LogP contribution in [-0.2, 0) is 4.74 Å². The van der Waals surface area contributed by atoms with Crippen molar-refractivity contribution in [3.8, 4) is 17.1 Å². The zero-order valence-electron chi connectivity index (χ0n) is 14.8. The first-order chi connectivity index (χ1) is 12.8. The van der Waals surface area contributed by atoms with Gasteiger partial charge in [-0.3, -0.25) is 9.55 Å². The molecule has 2 aromatic heterocycles. The molecular formula is C20H22N4OS. The van der Waals surface area contributed by atoms with Gasteiger partial charge in [0.15, 0.2) is 11.0 Å². The van der Waals surface area contributed by atoms with Crippen molar-refractivity contribution in [3.05, 3.63) is 54.4 Å². The van der Waals surface area contributed by atoms with E-state index in [1.807, 2.05) is 12.1 Å². The van der Waals surface area contributed by atoms with Gasteiger partial charge >= 0.3 is 0 Å². The Bertz CT molecular complexity index is 842. The van der Waals surface area contributed by atoms with Crippen LogP contribution in [0.1, 0.15) is 24.8 Å². The van der Waals surface area contributed by atoms with E-state index in [-0.39, 0.29) is 0 Å². The Hall–Kier alpha value is -2.18. The van der Waals surface area contributed by atoms with Gasteiger partial charge < -0.3 is 4.74 Å². The summed E-state index contributed by atoms with van der Waals surface area (Å²) >= 11 is 1.72. The molecule has 4 rings (SSSR count). The number of benzene rings is 1. The molecule has 6 heteroatoms. The lowest BCUT2D eigenvalue weighted by Gasteiger charge is -2.22. The van der Waals surface area contributed by atoms with Gasteiger partial charge in [0.1, 0.15) is 0 Å². The number of hydrogen-bond donors (Lipinski definition) is 0. The highest BCUT2D eigenvalue weighted by atomic mass is 32.2. The summed E-state index contributed by atoms with van der Waals surface area (Å²) in [6, 6.07) is 12.4. The molecule has 1 aromatic carbocycles. The molecule has 3 heterocycles. The van der Waals surface area contributed by atoms with Crippen molar-refractivity contribution in [1.82, 2.24) is 19.7 Å². The number of hydrogen-bond acceptors (Lipinski definition) is 5. The third-order valence-electron chi connectivity index (χ3n) is 4.54. The molecule has 0 spiro atoms. The van der Waals surface area contributed by atoms with Crippen LogP contribution in [0, 0.1) is 6.92 Å². The topological polar surface area (TPSA) is 52.8 Å². The van der Waals surface area contributed by atoms with Crippen molar-refractivity contribution < 1.29 is 4.74 Å². The summed E-state index contributed by atoms with van der Waals surface area (Å²) in [5.74, 6) is 1.74. The molecule has 134 valence electrons. The fourth-order valence-electron chi connectivity index (χ4n) is 3.08. The van der Waals surface area contributed by atoms with Gasteiger partial charge in [0, 0.05) is 36.0 Å². The molecular weight excluding hydrogens is 344 g/mol. The number of nitrogens with zero attached hydrogens (tertiary/aromatic N) is 4. The van der Waals surface area contributed by atoms with E-state index in [0.29, 0.717) is 6.10 Å². The highest BCUT2D eigenvalue weighted by Crippen LogP contribution is 2.29. The van der Waals surface area contributed by atoms with Crippen LogP contribution in [0.3, 0.4) is 0 Å². The first-order valence-electron chi connectivity index (χ1n) is 8.98. The highest BCUT2D eigenvalue weighted by molar-refractivity contribution is 7.99. The van der Waals surface area contributed by atoms with Gasteiger partial charge in [0.25, 0.3) is 0 Å². The molecule has 1 atom stereocenters. The summed E-state index contributed by atoms with van der Waals surface area (Å²) in [4.78, 5) is 4.11. The fourth-order valence-corrected chi connectivity index (χ4v) is 4.10. The number of aromatic nitrogens is 4. The van der Waals surface area contributed by atoms with E-state index in [1.165, 1.54) is 18.4 Å². The number of thioether (sulfide) groups is 1. The Morgan fingerprint density at radius 1 is 1.08 bits per heavy atom. The van der Waals surface area contributed by atoms with Crippen LogP contribution < -0.4 is 0 Å². The van der Waals surface area contributed by atoms with E-state index in [4.69, 9.17) is 4.74 Å². The second kappa shape index (κ2) is 8.01. The molecule has 1 aliphatic rings. The molecule has 1 fully saturated rings. The lowest BCUT2D eigenvalue weighted by atomic mass is 10.1. The number of pyridine rings is 1. The van der Waals surface area contributed by atoms with E-state index < -0.39 is 0 Å². The van der Waals surface area contributed by atoms with Crippen LogP contribution in [0.25, 0.3) is 17.1 Å². The Morgan fingerprint density at radius 2 is 1.88 bits per heavy atom. The van der Waals surface area contributed by atoms with Crippen LogP contribution in [0.15, 0.2) is 53.9 Å². The SMILES string of the molecule is Cc1ccc(-n2c(SC[C@@H]3CCCCO3)nnc2-c2ccncc2)cc1. The molecule has 0 bridgehead atoms. The van der Waals surface area contributed by atoms with Crippen molar-refractivity contribution >= 4 is 11.8 Å². The maximum Gasteiger partial charge on any atom is 0.196 e. The Kier molecular flexibility index (Phi) is 5.32. The first kappa shape index (κ1) is 17.2. The fraction of sp³-hybridized carbons (Fsp3) is 0.350. The first-order valence-corrected chi connectivity index (χ1v) is 9.97. The van der Waals surface area contributed by atoms with Crippen LogP contribution in [-0.4, -0.2) is 38.2 Å². The number of aryl methyl sites for hydroxylation is 1. The van der Waals surface area contributed by atoms with E-state index in [2.05, 4.69) is 50.9 Å². The Labute approximate surface area is 157 Å². The van der Waals surface area contributed by atoms with Crippen molar-refractivity contribution in [2.75, 3.05) is 12.4 Å². The van der Waals surface area contributed by atoms with Gasteiger partial charge in [-0.1, -0.05) is 29.5 Å². The van der Waals surface area contributed by atoms with Crippen molar-refractivity contribution in [2.45, 2.75) is 37.4 Å². The zero-order valence-corrected chi connectivity index (χ0v) is 15.7. The number of ether oxygens (including phenoxy) is 1. The Morgan fingerprint density at radius 3 is 2.62 bits per heavy atom. The molecule has 0 aliphatic carbocycles. The highest BCUT2D eigenvalue weighted by Gasteiger charge is 2.19. The van der Waals surface area contributed by atoms with Crippen molar-refractivity contribution in [3.63, 3.8) is 0 Å². The summed E-state index contributed by atoms with van der Waals surface area (Å²) < 4.78 is 7.99. The van der Waals surface area contributed by atoms with Crippen LogP contribution in [0.2, 0.25) is 0 Å². The molecule has 3 aromatic rings. The minimum atomic E-state index is 0.307. The number of rotatable bonds is 5. The quantitative estimate of drug-likeness (QED) is 0.630. The monoisotopic (exact) mass is 366 g/mol. The average molecular weight is 366 g/mol. The normalized spacial score (nSPS) is 17.3. The molecule has 1 aliphatic heterocycles. The van der Waals surface area contributed by atoms with E-state index in [1.54, 1.807) is 24.2 Å². The van der Waals surface area contributed by atoms with Crippen molar-refractivity contribution in [1.29, 1.82) is 0 Å². The minimum absolute atomic E-state index is 0.307. The predicted octanol–water partition coefficient (Wildman–Crippen LogP) is 4.30. The molecule has 26 heavy (non-hydrogen) atoms. The van der Waals surface area contributed by atoms with Crippen LogP contribution >= 0.6 is 11.8 Å². The van der Waals surface area contributed by atoms with Crippen molar-refractivity contribution in [2.24, 2.45) is 0 Å². The maximum atomic E-state index is 5.87. The summed E-state index contributed by atoms with van der Waals surface area (Å²) in [7, 11) is 0. The standard InChI is InChI=1S/C20H22N4OS/c1-15-5-7-17(8-6-15)24-19(16-9-11-21-12-10-16)22-23-20(24)26-14-18-4-2-3-13-25-18/h5-12,18H,2-4,13-14H2,1H3/t18-/m0/s1. The van der Waals surface area contributed by atoms with E-state index >= 15 is 0 Å². The summed E-state index contributed by atoms with van der Waals surface area (Å²) in [5, 5.41) is 9.85. The lowest BCUT2D eigenvalue weighted by molar-refractivity contribution is 0.0315. The maximum absolute atomic E-state index is 5.87. The zero-order chi connectivity index (χ0) is 17.8. The molecule has 0 amide bonds. The second-order valence-corrected chi connectivity index (χ2v) is 7.50. The van der Waals surface area contributed by atoms with Crippen LogP contribution in [0.5, 0.6) is 0 Å². The Balaban J connectivity index is 1.67. The van der Waals surface area contributed by atoms with Crippen LogP contribution in [0.4, 0.5) is 0 Å². The third kappa shape index (κ3) is 3.81. The summed E-state index contributed by atoms with van der Waals surface area (Å²) in [5.41, 5.74) is 3.31. The smallest absolute Gasteiger partial charge is 0.196 e. The lowest BCUT2D eigenvalue weighted by Crippen LogP contribution is -2.21. The van der Waals surface area contributed by atoms with E-state index in [9.17, 15) is 0 Å². The molecule has 0 N–H and O–H groups in total. The molecule has 0 radical (unpaired) electrons. The predicted molar refractivity (Wildman–Crippen MR) is 104 cm³/mol. The van der Waals surface area contributed by atoms with Gasteiger partial charge in [-0.25, -0.2) is 0 Å². The second-order valence-electron chi connectivity index (χ2n) is 6.51. The van der Waals surface area contributed by atoms with Gasteiger partial charge in [-0.05, 0) is 50.5 Å². The minimum Gasteiger partial charge on any atom is -0.377 e. The van der Waals surface area contributed by atoms with Gasteiger partial charge in [-0.15, -0.1) is 10.2 Å². The summed E-state index contributed by atoms with van der Waals surface area (Å²) in [6.45, 7) is 2.97.